The number of para-hydroxylation sites is 2. The lowest BCUT2D eigenvalue weighted by Crippen LogP contribution is -2.01. The van der Waals surface area contributed by atoms with Gasteiger partial charge in [0, 0.05) is 129 Å². The first-order valence-corrected chi connectivity index (χ1v) is 36.0. The molecule has 10 aromatic heterocycles. The van der Waals surface area contributed by atoms with Crippen molar-refractivity contribution >= 4 is 86.5 Å². The zero-order valence-electron chi connectivity index (χ0n) is 55.8. The second kappa shape index (κ2) is 26.5. The van der Waals surface area contributed by atoms with E-state index in [1.54, 1.807) is 31.0 Å². The highest BCUT2D eigenvalue weighted by Crippen LogP contribution is 2.46. The molecule has 20 rings (SSSR count). The van der Waals surface area contributed by atoms with Crippen LogP contribution in [0.1, 0.15) is 0 Å². The number of aromatic nitrogens is 10. The lowest BCUT2D eigenvalue weighted by molar-refractivity contribution is 1.07. The summed E-state index contributed by atoms with van der Waals surface area (Å²) in [5.74, 6) is 1.80. The maximum absolute atomic E-state index is 5.17. The Morgan fingerprint density at radius 1 is 0.231 bits per heavy atom. The first-order valence-electron chi connectivity index (χ1n) is 34.4. The number of nitrogens with zero attached hydrogens (tertiary/aromatic N) is 10. The van der Waals surface area contributed by atoms with Gasteiger partial charge in [0.15, 0.2) is 17.5 Å². The molecule has 0 saturated heterocycles. The highest BCUT2D eigenvalue weighted by Gasteiger charge is 2.22. The summed E-state index contributed by atoms with van der Waals surface area (Å²) in [6.07, 6.45) is 14.5. The van der Waals surface area contributed by atoms with Crippen molar-refractivity contribution in [2.75, 3.05) is 0 Å². The summed E-state index contributed by atoms with van der Waals surface area (Å²) in [4.78, 5) is 39.7. The molecule has 20 aromatic rings. The van der Waals surface area contributed by atoms with E-state index >= 15 is 0 Å². The third kappa shape index (κ3) is 11.5. The molecule has 0 aliphatic rings. The van der Waals surface area contributed by atoms with Crippen LogP contribution >= 0.6 is 22.7 Å². The monoisotopic (exact) mass is 1370 g/mol. The summed E-state index contributed by atoms with van der Waals surface area (Å²) in [6.45, 7) is 0. The molecule has 0 amide bonds. The van der Waals surface area contributed by atoms with Gasteiger partial charge < -0.3 is 9.13 Å². The fourth-order valence-electron chi connectivity index (χ4n) is 14.2. The quantitative estimate of drug-likeness (QED) is 0.119. The number of hydrogen-bond donors (Lipinski definition) is 0. The van der Waals surface area contributed by atoms with E-state index in [4.69, 9.17) is 19.9 Å². The van der Waals surface area contributed by atoms with E-state index in [1.165, 1.54) is 73.6 Å². The molecule has 0 aliphatic carbocycles. The minimum atomic E-state index is 0.595. The van der Waals surface area contributed by atoms with Gasteiger partial charge >= 0.3 is 0 Å². The van der Waals surface area contributed by atoms with Crippen LogP contribution in [-0.2, 0) is 0 Å². The van der Waals surface area contributed by atoms with Gasteiger partial charge in [-0.3, -0.25) is 19.9 Å². The Balaban J connectivity index is 0.000000143. The normalized spacial score (nSPS) is 11.5. The van der Waals surface area contributed by atoms with Crippen molar-refractivity contribution in [1.82, 2.24) is 49.0 Å². The van der Waals surface area contributed by atoms with Crippen molar-refractivity contribution in [2.24, 2.45) is 0 Å². The maximum Gasteiger partial charge on any atom is 0.164 e. The largest absolute Gasteiger partial charge is 0.309 e. The summed E-state index contributed by atoms with van der Waals surface area (Å²) in [7, 11) is 0. The molecule has 0 fully saturated rings. The van der Waals surface area contributed by atoms with Crippen LogP contribution in [0.5, 0.6) is 0 Å². The Hall–Kier alpha value is -13.5. The molecule has 0 aliphatic heterocycles. The van der Waals surface area contributed by atoms with Crippen molar-refractivity contribution in [2.45, 2.75) is 0 Å². The van der Waals surface area contributed by atoms with Crippen LogP contribution in [0.25, 0.3) is 186 Å². The number of rotatable bonds is 12. The van der Waals surface area contributed by atoms with E-state index in [2.05, 4.69) is 290 Å². The zero-order chi connectivity index (χ0) is 68.9. The van der Waals surface area contributed by atoms with Gasteiger partial charge in [0.2, 0.25) is 0 Å². The Kier molecular flexibility index (Phi) is 15.7. The molecular weight excluding hydrogens is 1310 g/mol. The van der Waals surface area contributed by atoms with Gasteiger partial charge in [-0.15, -0.1) is 22.7 Å². The van der Waals surface area contributed by atoms with Crippen LogP contribution in [-0.4, -0.2) is 49.0 Å². The average Bonchev–Trinajstić information content (AvgIpc) is 1.57. The van der Waals surface area contributed by atoms with Gasteiger partial charge in [0.25, 0.3) is 0 Å². The van der Waals surface area contributed by atoms with E-state index in [9.17, 15) is 0 Å². The van der Waals surface area contributed by atoms with Crippen LogP contribution < -0.4 is 0 Å². The molecule has 10 aromatic carbocycles. The minimum Gasteiger partial charge on any atom is -0.309 e. The molecule has 0 bridgehead atoms. The Bertz CT molecular complexity index is 6540. The first-order chi connectivity index (χ1) is 51.5. The van der Waals surface area contributed by atoms with Crippen molar-refractivity contribution in [1.29, 1.82) is 0 Å². The maximum atomic E-state index is 5.17. The van der Waals surface area contributed by atoms with Gasteiger partial charge in [-0.1, -0.05) is 182 Å². The predicted octanol–water partition coefficient (Wildman–Crippen LogP) is 23.8. The highest BCUT2D eigenvalue weighted by molar-refractivity contribution is 7.23. The molecule has 0 N–H and O–H groups in total. The second-order valence-electron chi connectivity index (χ2n) is 25.5. The topological polar surface area (TPSA) is 113 Å². The number of thiophene rings is 2. The van der Waals surface area contributed by atoms with Crippen LogP contribution in [0.2, 0.25) is 0 Å². The summed E-state index contributed by atoms with van der Waals surface area (Å²) in [5, 5.41) is 7.59. The summed E-state index contributed by atoms with van der Waals surface area (Å²) in [5.41, 5.74) is 22.6. The van der Waals surface area contributed by atoms with Crippen LogP contribution in [0.4, 0.5) is 0 Å². The molecule has 0 radical (unpaired) electrons. The number of hydrogen-bond acceptors (Lipinski definition) is 10. The molecule has 12 heteroatoms. The van der Waals surface area contributed by atoms with Crippen molar-refractivity contribution in [3.8, 4) is 122 Å². The number of fused-ring (bicyclic) bond motifs is 10. The van der Waals surface area contributed by atoms with Crippen LogP contribution in [0, 0.1) is 0 Å². The van der Waals surface area contributed by atoms with Gasteiger partial charge in [0.1, 0.15) is 0 Å². The molecule has 488 valence electrons. The van der Waals surface area contributed by atoms with Crippen LogP contribution in [0.3, 0.4) is 0 Å². The lowest BCUT2D eigenvalue weighted by atomic mass is 9.98. The van der Waals surface area contributed by atoms with E-state index in [0.29, 0.717) is 17.5 Å². The van der Waals surface area contributed by atoms with Gasteiger partial charge in [-0.2, -0.15) is 0 Å². The molecular formula is C92H58N10S2. The molecule has 10 nitrogen and oxygen atoms in total. The van der Waals surface area contributed by atoms with E-state index < -0.39 is 0 Å². The van der Waals surface area contributed by atoms with E-state index in [0.717, 1.165) is 95.0 Å². The zero-order valence-corrected chi connectivity index (χ0v) is 57.4. The summed E-state index contributed by atoms with van der Waals surface area (Å²) in [6, 6.07) is 107. The van der Waals surface area contributed by atoms with Gasteiger partial charge in [-0.05, 0) is 177 Å². The Morgan fingerprint density at radius 2 is 0.644 bits per heavy atom. The number of benzene rings is 10. The van der Waals surface area contributed by atoms with Crippen molar-refractivity contribution in [3.05, 3.63) is 353 Å². The van der Waals surface area contributed by atoms with Crippen molar-refractivity contribution < 1.29 is 0 Å². The Morgan fingerprint density at radius 3 is 1.16 bits per heavy atom. The molecule has 0 saturated carbocycles. The van der Waals surface area contributed by atoms with E-state index in [1.807, 2.05) is 83.7 Å². The van der Waals surface area contributed by atoms with Gasteiger partial charge in [0.05, 0.1) is 33.5 Å². The SMILES string of the molecule is c1ccc(-c2cc3ccc4c(c5ccccc5n4-c4ccc(-c5cc(-c6ccc(-c7ccncc7)cc6)cc(-c6cccnc6)n5)cc4)c3s2)cc1.c1ccc(-c2cc3ccc4c(c5ccccc5n4-c4cccc(-c5nc(-c6ccncc6)nc(-c6ccc(-c7ccncc7)cc6)n5)c4)c3s2)cc1. The van der Waals surface area contributed by atoms with Crippen molar-refractivity contribution in [3.63, 3.8) is 0 Å². The fraction of sp³-hybridized carbons (Fsp3) is 0. The lowest BCUT2D eigenvalue weighted by Gasteiger charge is -2.12. The molecule has 0 spiro atoms. The second-order valence-corrected chi connectivity index (χ2v) is 27.7. The number of pyridine rings is 5. The molecule has 0 unspecified atom stereocenters. The summed E-state index contributed by atoms with van der Waals surface area (Å²) >= 11 is 3.73. The average molecular weight is 1370 g/mol. The third-order valence-corrected chi connectivity index (χ3v) is 21.7. The molecule has 104 heavy (non-hydrogen) atoms. The first kappa shape index (κ1) is 61.6. The minimum absolute atomic E-state index is 0.595. The summed E-state index contributed by atoms with van der Waals surface area (Å²) < 4.78 is 7.37. The smallest absolute Gasteiger partial charge is 0.164 e. The molecule has 0 atom stereocenters. The standard InChI is InChI=1S/C47H30N4S.C45H28N6S/c1-2-7-35(8-3-1)45-29-36-18-21-44-46(47(36)52-45)40-10-4-5-11-43(40)51(44)39-19-16-34(17-20-39)41-27-38(28-42(50-41)37-9-6-24-49-30-37)32-14-12-31(13-15-32)33-22-25-48-26-23-33;1-2-7-31(8-3-1)40-28-34-17-18-39-41(42(34)52-40)37-11-4-5-12-38(37)51(39)36-10-6-9-35(27-36)45-49-43(48-44(50-45)33-21-25-47-26-22-33)32-15-13-29(14-16-32)30-19-23-46-24-20-30/h1-30H;1-28H. The van der Waals surface area contributed by atoms with E-state index in [-0.39, 0.29) is 0 Å². The van der Waals surface area contributed by atoms with Crippen LogP contribution in [0.15, 0.2) is 353 Å². The molecule has 10 heterocycles. The Labute approximate surface area is 606 Å². The van der Waals surface area contributed by atoms with Gasteiger partial charge in [-0.25, -0.2) is 19.9 Å². The fourth-order valence-corrected chi connectivity index (χ4v) is 16.7. The highest BCUT2D eigenvalue weighted by atomic mass is 32.1. The third-order valence-electron chi connectivity index (χ3n) is 19.3. The predicted molar refractivity (Wildman–Crippen MR) is 429 cm³/mol.